The Morgan fingerprint density at radius 3 is 2.95 bits per heavy atom. The van der Waals surface area contributed by atoms with Crippen molar-refractivity contribution in [1.29, 1.82) is 0 Å². The maximum atomic E-state index is 6.24. The second-order valence-electron chi connectivity index (χ2n) is 5.60. The lowest BCUT2D eigenvalue weighted by Crippen LogP contribution is -2.29. The molecule has 0 aliphatic carbocycles. The fourth-order valence-electron chi connectivity index (χ4n) is 3.04. The van der Waals surface area contributed by atoms with Crippen LogP contribution < -0.4 is 10.6 Å². The minimum absolute atomic E-state index is 0.249. The Bertz CT molecular complexity index is 614. The van der Waals surface area contributed by atoms with Gasteiger partial charge in [-0.2, -0.15) is 0 Å². The van der Waals surface area contributed by atoms with Gasteiger partial charge in [0.15, 0.2) is 0 Å². The molecular weight excluding hydrogens is 270 g/mol. The minimum atomic E-state index is 0.249. The molecule has 4 heteroatoms. The van der Waals surface area contributed by atoms with Crippen LogP contribution in [0.15, 0.2) is 30.3 Å². The molecule has 0 radical (unpaired) electrons. The molecule has 1 fully saturated rings. The Hall–Kier alpha value is -1.32. The number of nitrogens with zero attached hydrogens (tertiary/aromatic N) is 2. The third-order valence-electron chi connectivity index (χ3n) is 4.13. The Kier molecular flexibility index (Phi) is 3.81. The first-order valence-electron chi connectivity index (χ1n) is 7.25. The van der Waals surface area contributed by atoms with E-state index in [1.807, 2.05) is 18.2 Å². The maximum Gasteiger partial charge on any atom is 0.129 e. The van der Waals surface area contributed by atoms with E-state index in [2.05, 4.69) is 24.0 Å². The number of rotatable bonds is 3. The number of aromatic nitrogens is 1. The summed E-state index contributed by atoms with van der Waals surface area (Å²) in [6.45, 7) is 4.09. The number of anilines is 1. The summed E-state index contributed by atoms with van der Waals surface area (Å²) in [4.78, 5) is 7.01. The summed E-state index contributed by atoms with van der Waals surface area (Å²) in [5, 5.41) is 1.79. The zero-order valence-electron chi connectivity index (χ0n) is 11.7. The molecule has 0 amide bonds. The first-order chi connectivity index (χ1) is 9.69. The fourth-order valence-corrected chi connectivity index (χ4v) is 3.26. The zero-order valence-corrected chi connectivity index (χ0v) is 12.5. The summed E-state index contributed by atoms with van der Waals surface area (Å²) in [5.41, 5.74) is 7.11. The van der Waals surface area contributed by atoms with Gasteiger partial charge in [0.25, 0.3) is 0 Å². The third kappa shape index (κ3) is 2.48. The average molecular weight is 290 g/mol. The van der Waals surface area contributed by atoms with Gasteiger partial charge in [0.2, 0.25) is 0 Å². The van der Waals surface area contributed by atoms with E-state index in [1.165, 1.54) is 12.8 Å². The highest BCUT2D eigenvalue weighted by molar-refractivity contribution is 6.35. The number of para-hydroxylation sites is 1. The molecule has 1 saturated heterocycles. The van der Waals surface area contributed by atoms with Crippen molar-refractivity contribution >= 4 is 28.3 Å². The monoisotopic (exact) mass is 289 g/mol. The molecule has 106 valence electrons. The van der Waals surface area contributed by atoms with E-state index in [-0.39, 0.29) is 6.04 Å². The lowest BCUT2D eigenvalue weighted by molar-refractivity contribution is 0.472. The van der Waals surface area contributed by atoms with Crippen molar-refractivity contribution in [3.05, 3.63) is 35.4 Å². The molecule has 0 bridgehead atoms. The van der Waals surface area contributed by atoms with E-state index in [1.54, 1.807) is 0 Å². The zero-order chi connectivity index (χ0) is 14.1. The van der Waals surface area contributed by atoms with Gasteiger partial charge in [-0.3, -0.25) is 0 Å². The van der Waals surface area contributed by atoms with Crippen LogP contribution in [0, 0.1) is 5.92 Å². The molecule has 2 atom stereocenters. The van der Waals surface area contributed by atoms with Crippen LogP contribution in [-0.2, 0) is 0 Å². The van der Waals surface area contributed by atoms with E-state index in [0.717, 1.165) is 29.8 Å². The van der Waals surface area contributed by atoms with E-state index >= 15 is 0 Å². The van der Waals surface area contributed by atoms with E-state index in [4.69, 9.17) is 22.3 Å². The molecule has 1 aromatic carbocycles. The maximum absolute atomic E-state index is 6.24. The smallest absolute Gasteiger partial charge is 0.129 e. The predicted octanol–water partition coefficient (Wildman–Crippen LogP) is 3.45. The Morgan fingerprint density at radius 1 is 1.30 bits per heavy atom. The van der Waals surface area contributed by atoms with Crippen molar-refractivity contribution in [3.8, 4) is 0 Å². The number of hydrogen-bond acceptors (Lipinski definition) is 3. The van der Waals surface area contributed by atoms with Gasteiger partial charge < -0.3 is 10.6 Å². The number of nitrogens with two attached hydrogens (primary N) is 1. The predicted molar refractivity (Wildman–Crippen MR) is 85.3 cm³/mol. The summed E-state index contributed by atoms with van der Waals surface area (Å²) in [7, 11) is 0. The minimum Gasteiger partial charge on any atom is -0.355 e. The molecule has 0 spiro atoms. The summed E-state index contributed by atoms with van der Waals surface area (Å²) >= 11 is 6.24. The number of pyridine rings is 1. The molecule has 3 nitrogen and oxygen atoms in total. The standard InChI is InChI=1S/C16H20ClN3/c1-2-4-12-9-20(10-14(12)18)15-8-7-11-5-3-6-13(17)16(11)19-15/h3,5-8,12,14H,2,4,9-10,18H2,1H3/t12-,14-/m1/s1. The highest BCUT2D eigenvalue weighted by atomic mass is 35.5. The first kappa shape index (κ1) is 13.7. The van der Waals surface area contributed by atoms with E-state index in [9.17, 15) is 0 Å². The van der Waals surface area contributed by atoms with Crippen LogP contribution in [0.2, 0.25) is 5.02 Å². The molecule has 2 heterocycles. The summed E-state index contributed by atoms with van der Waals surface area (Å²) < 4.78 is 0. The van der Waals surface area contributed by atoms with Gasteiger partial charge in [-0.15, -0.1) is 0 Å². The lowest BCUT2D eigenvalue weighted by Gasteiger charge is -2.18. The molecule has 1 aliphatic heterocycles. The van der Waals surface area contributed by atoms with Crippen LogP contribution >= 0.6 is 11.6 Å². The van der Waals surface area contributed by atoms with Crippen LogP contribution in [0.5, 0.6) is 0 Å². The van der Waals surface area contributed by atoms with Crippen molar-refractivity contribution < 1.29 is 0 Å². The van der Waals surface area contributed by atoms with Gasteiger partial charge in [-0.05, 0) is 30.5 Å². The van der Waals surface area contributed by atoms with Crippen molar-refractivity contribution in [1.82, 2.24) is 4.98 Å². The fraction of sp³-hybridized carbons (Fsp3) is 0.438. The molecule has 3 rings (SSSR count). The van der Waals surface area contributed by atoms with Gasteiger partial charge in [-0.1, -0.05) is 37.1 Å². The van der Waals surface area contributed by atoms with Gasteiger partial charge >= 0.3 is 0 Å². The number of fused-ring (bicyclic) bond motifs is 1. The number of hydrogen-bond donors (Lipinski definition) is 1. The van der Waals surface area contributed by atoms with Gasteiger partial charge in [-0.25, -0.2) is 4.98 Å². The second-order valence-corrected chi connectivity index (χ2v) is 6.01. The number of halogens is 1. The van der Waals surface area contributed by atoms with Crippen LogP contribution in [-0.4, -0.2) is 24.1 Å². The Balaban J connectivity index is 1.90. The highest BCUT2D eigenvalue weighted by Crippen LogP contribution is 2.28. The Morgan fingerprint density at radius 2 is 2.15 bits per heavy atom. The highest BCUT2D eigenvalue weighted by Gasteiger charge is 2.30. The van der Waals surface area contributed by atoms with Crippen LogP contribution in [0.1, 0.15) is 19.8 Å². The SMILES string of the molecule is CCC[C@@H]1CN(c2ccc3cccc(Cl)c3n2)C[C@H]1N. The molecular formula is C16H20ClN3. The molecule has 0 unspecified atom stereocenters. The summed E-state index contributed by atoms with van der Waals surface area (Å²) in [6, 6.07) is 10.3. The number of benzene rings is 1. The van der Waals surface area contributed by atoms with Crippen LogP contribution in [0.25, 0.3) is 10.9 Å². The van der Waals surface area contributed by atoms with Gasteiger partial charge in [0.1, 0.15) is 5.82 Å². The molecule has 20 heavy (non-hydrogen) atoms. The molecule has 2 aromatic rings. The normalized spacial score (nSPS) is 22.6. The van der Waals surface area contributed by atoms with Crippen LogP contribution in [0.4, 0.5) is 5.82 Å². The Labute approximate surface area is 124 Å². The molecule has 1 aliphatic rings. The van der Waals surface area contributed by atoms with Crippen molar-refractivity contribution in [2.45, 2.75) is 25.8 Å². The molecule has 0 saturated carbocycles. The topological polar surface area (TPSA) is 42.2 Å². The lowest BCUT2D eigenvalue weighted by atomic mass is 9.99. The summed E-state index contributed by atoms with van der Waals surface area (Å²) in [5.74, 6) is 1.56. The van der Waals surface area contributed by atoms with E-state index in [0.29, 0.717) is 10.9 Å². The van der Waals surface area contributed by atoms with Crippen molar-refractivity contribution in [2.75, 3.05) is 18.0 Å². The van der Waals surface area contributed by atoms with Gasteiger partial charge in [0, 0.05) is 24.5 Å². The third-order valence-corrected chi connectivity index (χ3v) is 4.44. The van der Waals surface area contributed by atoms with Crippen molar-refractivity contribution in [2.24, 2.45) is 11.7 Å². The van der Waals surface area contributed by atoms with E-state index < -0.39 is 0 Å². The van der Waals surface area contributed by atoms with Crippen molar-refractivity contribution in [3.63, 3.8) is 0 Å². The van der Waals surface area contributed by atoms with Gasteiger partial charge in [0.05, 0.1) is 10.5 Å². The average Bonchev–Trinajstić information content (AvgIpc) is 2.81. The molecule has 2 N–H and O–H groups in total. The molecule has 1 aromatic heterocycles. The quantitative estimate of drug-likeness (QED) is 0.941. The van der Waals surface area contributed by atoms with Crippen LogP contribution in [0.3, 0.4) is 0 Å². The first-order valence-corrected chi connectivity index (χ1v) is 7.62. The summed E-state index contributed by atoms with van der Waals surface area (Å²) in [6.07, 6.45) is 2.37. The second kappa shape index (κ2) is 5.58. The largest absolute Gasteiger partial charge is 0.355 e.